The normalized spacial score (nSPS) is 36.3. The SMILES string of the molecule is C[C@H]1C(=O)N([C@H]2CCCNC2)C(=O)[C@@H]1C.C[C@H]1C(=O)N([C@H]2CCCNC2)C(=O)[C@@H]1C.Cl. The molecule has 2 N–H and O–H groups in total. The van der Waals surface area contributed by atoms with Gasteiger partial charge < -0.3 is 10.6 Å². The molecule has 4 saturated heterocycles. The van der Waals surface area contributed by atoms with Crippen LogP contribution in [0.5, 0.6) is 0 Å². The Morgan fingerprint density at radius 2 is 0.903 bits per heavy atom. The number of halogens is 1. The molecule has 0 spiro atoms. The Morgan fingerprint density at radius 3 is 1.13 bits per heavy atom. The minimum atomic E-state index is -0.139. The Labute approximate surface area is 191 Å². The second-order valence-corrected chi connectivity index (χ2v) is 9.25. The molecule has 4 fully saturated rings. The highest BCUT2D eigenvalue weighted by molar-refractivity contribution is 6.05. The molecule has 176 valence electrons. The van der Waals surface area contributed by atoms with E-state index in [2.05, 4.69) is 10.6 Å². The van der Waals surface area contributed by atoms with E-state index in [1.54, 1.807) is 0 Å². The van der Waals surface area contributed by atoms with Crippen LogP contribution < -0.4 is 10.6 Å². The summed E-state index contributed by atoms with van der Waals surface area (Å²) in [5.74, 6) is -0.498. The summed E-state index contributed by atoms with van der Waals surface area (Å²) in [7, 11) is 0. The van der Waals surface area contributed by atoms with Gasteiger partial charge in [0, 0.05) is 36.8 Å². The minimum absolute atomic E-state index is 0. The first kappa shape index (κ1) is 25.7. The molecule has 0 aromatic rings. The lowest BCUT2D eigenvalue weighted by Gasteiger charge is -2.30. The molecule has 0 bridgehead atoms. The Kier molecular flexibility index (Phi) is 9.03. The van der Waals surface area contributed by atoms with Gasteiger partial charge in [0.1, 0.15) is 0 Å². The zero-order valence-electron chi connectivity index (χ0n) is 19.1. The summed E-state index contributed by atoms with van der Waals surface area (Å²) < 4.78 is 0. The summed E-state index contributed by atoms with van der Waals surface area (Å²) in [5, 5.41) is 6.47. The number of rotatable bonds is 2. The molecule has 9 heteroatoms. The highest BCUT2D eigenvalue weighted by Crippen LogP contribution is 2.29. The quantitative estimate of drug-likeness (QED) is 0.605. The van der Waals surface area contributed by atoms with Crippen LogP contribution >= 0.6 is 12.4 Å². The van der Waals surface area contributed by atoms with E-state index >= 15 is 0 Å². The van der Waals surface area contributed by atoms with E-state index in [4.69, 9.17) is 0 Å². The fourth-order valence-corrected chi connectivity index (χ4v) is 4.78. The van der Waals surface area contributed by atoms with Gasteiger partial charge >= 0.3 is 0 Å². The van der Waals surface area contributed by atoms with Gasteiger partial charge in [0.05, 0.1) is 12.1 Å². The molecule has 31 heavy (non-hydrogen) atoms. The molecule has 8 nitrogen and oxygen atoms in total. The van der Waals surface area contributed by atoms with Crippen molar-refractivity contribution in [2.75, 3.05) is 26.2 Å². The summed E-state index contributed by atoms with van der Waals surface area (Å²) in [4.78, 5) is 50.6. The van der Waals surface area contributed by atoms with Crippen LogP contribution in [0.1, 0.15) is 53.4 Å². The van der Waals surface area contributed by atoms with Gasteiger partial charge in [0.2, 0.25) is 23.6 Å². The van der Waals surface area contributed by atoms with Crippen LogP contribution in [-0.2, 0) is 19.2 Å². The number of likely N-dealkylation sites (tertiary alicyclic amines) is 2. The molecule has 4 rings (SSSR count). The summed E-state index contributed by atoms with van der Waals surface area (Å²) in [6, 6.07) is 0.178. The van der Waals surface area contributed by atoms with Gasteiger partial charge in [-0.05, 0) is 38.8 Å². The van der Waals surface area contributed by atoms with Crippen molar-refractivity contribution in [3.63, 3.8) is 0 Å². The van der Waals surface area contributed by atoms with Crippen molar-refractivity contribution in [3.05, 3.63) is 0 Å². The molecule has 6 atom stereocenters. The minimum Gasteiger partial charge on any atom is -0.315 e. The van der Waals surface area contributed by atoms with Gasteiger partial charge in [-0.15, -0.1) is 12.4 Å². The number of amides is 4. The average Bonchev–Trinajstić information content (AvgIpc) is 3.08. The van der Waals surface area contributed by atoms with Gasteiger partial charge in [-0.1, -0.05) is 27.7 Å². The van der Waals surface area contributed by atoms with E-state index in [1.807, 2.05) is 27.7 Å². The van der Waals surface area contributed by atoms with Crippen LogP contribution in [0.25, 0.3) is 0 Å². The van der Waals surface area contributed by atoms with Crippen molar-refractivity contribution >= 4 is 36.0 Å². The van der Waals surface area contributed by atoms with Crippen LogP contribution in [-0.4, -0.2) is 71.7 Å². The molecule has 4 aliphatic heterocycles. The first-order valence-electron chi connectivity index (χ1n) is 11.4. The average molecular weight is 457 g/mol. The third kappa shape index (κ3) is 5.12. The first-order chi connectivity index (χ1) is 14.3. The zero-order valence-corrected chi connectivity index (χ0v) is 19.9. The summed E-state index contributed by atoms with van der Waals surface area (Å²) >= 11 is 0. The number of imide groups is 2. The number of hydrogen-bond donors (Lipinski definition) is 2. The molecule has 0 radical (unpaired) electrons. The maximum atomic E-state index is 11.9. The van der Waals surface area contributed by atoms with E-state index in [0.29, 0.717) is 0 Å². The summed E-state index contributed by atoms with van der Waals surface area (Å²) in [6.07, 6.45) is 3.99. The van der Waals surface area contributed by atoms with Crippen LogP contribution in [0.15, 0.2) is 0 Å². The maximum Gasteiger partial charge on any atom is 0.233 e. The van der Waals surface area contributed by atoms with Gasteiger partial charge in [-0.25, -0.2) is 0 Å². The predicted molar refractivity (Wildman–Crippen MR) is 119 cm³/mol. The van der Waals surface area contributed by atoms with E-state index in [1.165, 1.54) is 9.80 Å². The molecule has 4 amide bonds. The smallest absolute Gasteiger partial charge is 0.233 e. The van der Waals surface area contributed by atoms with Crippen LogP contribution in [0.3, 0.4) is 0 Å². The topological polar surface area (TPSA) is 98.8 Å². The molecule has 0 saturated carbocycles. The molecular weight excluding hydrogens is 420 g/mol. The monoisotopic (exact) mass is 456 g/mol. The number of nitrogens with one attached hydrogen (secondary N) is 2. The highest BCUT2D eigenvalue weighted by Gasteiger charge is 2.46. The van der Waals surface area contributed by atoms with Crippen molar-refractivity contribution in [2.45, 2.75) is 65.5 Å². The lowest BCUT2D eigenvalue weighted by Crippen LogP contribution is -2.48. The lowest BCUT2D eigenvalue weighted by atomic mass is 10.00. The zero-order chi connectivity index (χ0) is 22.0. The number of nitrogens with zero attached hydrogens (tertiary/aromatic N) is 2. The number of carbonyl (C=O) groups is 4. The van der Waals surface area contributed by atoms with E-state index in [0.717, 1.165) is 51.9 Å². The second kappa shape index (κ2) is 10.9. The number of hydrogen-bond acceptors (Lipinski definition) is 6. The van der Waals surface area contributed by atoms with Gasteiger partial charge in [0.15, 0.2) is 0 Å². The van der Waals surface area contributed by atoms with Crippen molar-refractivity contribution in [2.24, 2.45) is 23.7 Å². The van der Waals surface area contributed by atoms with Crippen LogP contribution in [0.2, 0.25) is 0 Å². The van der Waals surface area contributed by atoms with Crippen LogP contribution in [0, 0.1) is 23.7 Å². The fraction of sp³-hybridized carbons (Fsp3) is 0.818. The van der Waals surface area contributed by atoms with E-state index < -0.39 is 0 Å². The predicted octanol–water partition coefficient (Wildman–Crippen LogP) is 1.18. The first-order valence-corrected chi connectivity index (χ1v) is 11.4. The maximum absolute atomic E-state index is 11.9. The third-order valence-electron chi connectivity index (χ3n) is 7.28. The van der Waals surface area contributed by atoms with Gasteiger partial charge in [0.25, 0.3) is 0 Å². The standard InChI is InChI=1S/2C11H18N2O2.ClH/c2*1-7-8(2)11(15)13(10(7)14)9-4-3-5-12-6-9;/h2*7-9,12H,3-6H2,1-2H3;1H/t2*7-,8-,9+;/m11./s1. The number of carbonyl (C=O) groups excluding carboxylic acids is 4. The molecular formula is C22H37ClN4O4. The third-order valence-corrected chi connectivity index (χ3v) is 7.28. The molecule has 0 aromatic carbocycles. The van der Waals surface area contributed by atoms with Gasteiger partial charge in [-0.3, -0.25) is 29.0 Å². The Morgan fingerprint density at radius 1 is 0.613 bits per heavy atom. The van der Waals surface area contributed by atoms with Crippen molar-refractivity contribution in [1.29, 1.82) is 0 Å². The Bertz CT molecular complexity index is 593. The van der Waals surface area contributed by atoms with Crippen molar-refractivity contribution in [1.82, 2.24) is 20.4 Å². The van der Waals surface area contributed by atoms with Crippen molar-refractivity contribution < 1.29 is 19.2 Å². The van der Waals surface area contributed by atoms with Crippen LogP contribution in [0.4, 0.5) is 0 Å². The fourth-order valence-electron chi connectivity index (χ4n) is 4.78. The second-order valence-electron chi connectivity index (χ2n) is 9.25. The molecule has 4 heterocycles. The Hall–Kier alpha value is -1.51. The largest absolute Gasteiger partial charge is 0.315 e. The molecule has 0 aliphatic carbocycles. The molecule has 4 aliphatic rings. The van der Waals surface area contributed by atoms with E-state index in [-0.39, 0.29) is 71.8 Å². The summed E-state index contributed by atoms with van der Waals surface area (Å²) in [5.41, 5.74) is 0. The summed E-state index contributed by atoms with van der Waals surface area (Å²) in [6.45, 7) is 10.9. The van der Waals surface area contributed by atoms with Gasteiger partial charge in [-0.2, -0.15) is 0 Å². The Balaban J connectivity index is 0.000000213. The highest BCUT2D eigenvalue weighted by atomic mass is 35.5. The number of piperidine rings is 2. The van der Waals surface area contributed by atoms with Crippen molar-refractivity contribution in [3.8, 4) is 0 Å². The lowest BCUT2D eigenvalue weighted by molar-refractivity contribution is -0.144. The molecule has 0 unspecified atom stereocenters. The molecule has 0 aromatic heterocycles. The van der Waals surface area contributed by atoms with E-state index in [9.17, 15) is 19.2 Å².